The highest BCUT2D eigenvalue weighted by Gasteiger charge is 2.31. The standard InChI is InChI=1S/C16H24N2O5S2/c1-2-3-4-9-17-16(19)13-6-5-7-15(11-13)25(22,23)18-14-8-10-24(20,21)12-14/h5-7,11,14,18H,2-4,8-10,12H2,1H3,(H,17,19). The Balaban J connectivity index is 2.05. The van der Waals surface area contributed by atoms with E-state index in [1.165, 1.54) is 18.2 Å². The number of hydrogen-bond donors (Lipinski definition) is 2. The van der Waals surface area contributed by atoms with Gasteiger partial charge in [0.2, 0.25) is 10.0 Å². The first-order valence-electron chi connectivity index (χ1n) is 8.34. The van der Waals surface area contributed by atoms with Gasteiger partial charge in [-0.2, -0.15) is 0 Å². The van der Waals surface area contributed by atoms with E-state index < -0.39 is 25.9 Å². The quantitative estimate of drug-likeness (QED) is 0.648. The van der Waals surface area contributed by atoms with Crippen molar-refractivity contribution in [3.63, 3.8) is 0 Å². The minimum absolute atomic E-state index is 0.0135. The highest BCUT2D eigenvalue weighted by molar-refractivity contribution is 7.92. The molecular formula is C16H24N2O5S2. The van der Waals surface area contributed by atoms with Crippen LogP contribution in [0.5, 0.6) is 0 Å². The second-order valence-electron chi connectivity index (χ2n) is 6.21. The summed E-state index contributed by atoms with van der Waals surface area (Å²) in [5, 5.41) is 2.76. The van der Waals surface area contributed by atoms with Gasteiger partial charge >= 0.3 is 0 Å². The SMILES string of the molecule is CCCCCNC(=O)c1cccc(S(=O)(=O)NC2CCS(=O)(=O)C2)c1. The molecule has 1 amide bonds. The van der Waals surface area contributed by atoms with Crippen molar-refractivity contribution < 1.29 is 21.6 Å². The summed E-state index contributed by atoms with van der Waals surface area (Å²) in [7, 11) is -7.05. The van der Waals surface area contributed by atoms with Crippen LogP contribution in [0.15, 0.2) is 29.2 Å². The maximum Gasteiger partial charge on any atom is 0.251 e. The molecule has 2 N–H and O–H groups in total. The number of nitrogens with one attached hydrogen (secondary N) is 2. The molecule has 7 nitrogen and oxygen atoms in total. The van der Waals surface area contributed by atoms with Crippen LogP contribution in [0.25, 0.3) is 0 Å². The van der Waals surface area contributed by atoms with Gasteiger partial charge in [0.1, 0.15) is 0 Å². The van der Waals surface area contributed by atoms with Crippen LogP contribution in [0.3, 0.4) is 0 Å². The van der Waals surface area contributed by atoms with Crippen molar-refractivity contribution in [3.8, 4) is 0 Å². The molecule has 1 aromatic carbocycles. The topological polar surface area (TPSA) is 109 Å². The third kappa shape index (κ3) is 5.79. The molecule has 0 aliphatic carbocycles. The summed E-state index contributed by atoms with van der Waals surface area (Å²) in [6.45, 7) is 2.61. The summed E-state index contributed by atoms with van der Waals surface area (Å²) >= 11 is 0. The molecule has 1 saturated heterocycles. The van der Waals surface area contributed by atoms with Crippen molar-refractivity contribution in [2.24, 2.45) is 0 Å². The maximum atomic E-state index is 12.4. The van der Waals surface area contributed by atoms with Gasteiger partial charge in [-0.05, 0) is 31.0 Å². The fraction of sp³-hybridized carbons (Fsp3) is 0.562. The first kappa shape index (κ1) is 19.9. The Morgan fingerprint density at radius 3 is 2.68 bits per heavy atom. The first-order chi connectivity index (χ1) is 11.7. The molecule has 1 heterocycles. The average molecular weight is 389 g/mol. The third-order valence-corrected chi connectivity index (χ3v) is 7.31. The Kier molecular flexibility index (Phi) is 6.59. The fourth-order valence-electron chi connectivity index (χ4n) is 2.66. The Hall–Kier alpha value is -1.45. The van der Waals surface area contributed by atoms with E-state index in [-0.39, 0.29) is 34.3 Å². The minimum atomic E-state index is -3.87. The Morgan fingerprint density at radius 1 is 1.28 bits per heavy atom. The molecule has 140 valence electrons. The van der Waals surface area contributed by atoms with Crippen LogP contribution in [0.2, 0.25) is 0 Å². The molecule has 2 rings (SSSR count). The monoisotopic (exact) mass is 388 g/mol. The van der Waals surface area contributed by atoms with Gasteiger partial charge in [0.15, 0.2) is 9.84 Å². The molecule has 0 radical (unpaired) electrons. The minimum Gasteiger partial charge on any atom is -0.352 e. The zero-order valence-electron chi connectivity index (χ0n) is 14.2. The van der Waals surface area contributed by atoms with E-state index in [1.807, 2.05) is 0 Å². The summed E-state index contributed by atoms with van der Waals surface area (Å²) in [6.07, 6.45) is 3.20. The molecule has 9 heteroatoms. The van der Waals surface area contributed by atoms with Crippen molar-refractivity contribution in [1.29, 1.82) is 0 Å². The number of carbonyl (C=O) groups excluding carboxylic acids is 1. The van der Waals surface area contributed by atoms with Crippen molar-refractivity contribution in [2.45, 2.75) is 43.5 Å². The molecule has 1 fully saturated rings. The second kappa shape index (κ2) is 8.29. The van der Waals surface area contributed by atoms with Crippen LogP contribution >= 0.6 is 0 Å². The normalized spacial score (nSPS) is 19.6. The lowest BCUT2D eigenvalue weighted by atomic mass is 10.2. The van der Waals surface area contributed by atoms with E-state index in [4.69, 9.17) is 0 Å². The molecule has 0 bridgehead atoms. The van der Waals surface area contributed by atoms with Crippen LogP contribution in [-0.2, 0) is 19.9 Å². The molecular weight excluding hydrogens is 364 g/mol. The summed E-state index contributed by atoms with van der Waals surface area (Å²) in [5.41, 5.74) is 0.262. The maximum absolute atomic E-state index is 12.4. The smallest absolute Gasteiger partial charge is 0.251 e. The highest BCUT2D eigenvalue weighted by Crippen LogP contribution is 2.17. The number of benzene rings is 1. The largest absolute Gasteiger partial charge is 0.352 e. The van der Waals surface area contributed by atoms with Crippen molar-refractivity contribution in [1.82, 2.24) is 10.0 Å². The van der Waals surface area contributed by atoms with E-state index in [1.54, 1.807) is 6.07 Å². The number of carbonyl (C=O) groups is 1. The lowest BCUT2D eigenvalue weighted by Gasteiger charge is -2.12. The Morgan fingerprint density at radius 2 is 2.04 bits per heavy atom. The first-order valence-corrected chi connectivity index (χ1v) is 11.6. The van der Waals surface area contributed by atoms with Crippen LogP contribution in [0.4, 0.5) is 0 Å². The van der Waals surface area contributed by atoms with E-state index in [0.717, 1.165) is 19.3 Å². The molecule has 1 aliphatic rings. The average Bonchev–Trinajstić information content (AvgIpc) is 2.89. The van der Waals surface area contributed by atoms with Gasteiger partial charge in [-0.1, -0.05) is 25.8 Å². The number of sulfonamides is 1. The van der Waals surface area contributed by atoms with Gasteiger partial charge in [-0.15, -0.1) is 0 Å². The van der Waals surface area contributed by atoms with E-state index in [2.05, 4.69) is 17.0 Å². The van der Waals surface area contributed by atoms with Gasteiger partial charge in [-0.3, -0.25) is 4.79 Å². The van der Waals surface area contributed by atoms with Gasteiger partial charge in [-0.25, -0.2) is 21.6 Å². The number of unbranched alkanes of at least 4 members (excludes halogenated alkanes) is 2. The van der Waals surface area contributed by atoms with Gasteiger partial charge < -0.3 is 5.32 Å². The molecule has 25 heavy (non-hydrogen) atoms. The molecule has 0 spiro atoms. The lowest BCUT2D eigenvalue weighted by molar-refractivity contribution is 0.0952. The molecule has 1 aliphatic heterocycles. The second-order valence-corrected chi connectivity index (χ2v) is 10.2. The summed E-state index contributed by atoms with van der Waals surface area (Å²) < 4.78 is 50.2. The molecule has 1 aromatic rings. The van der Waals surface area contributed by atoms with Crippen molar-refractivity contribution in [2.75, 3.05) is 18.1 Å². The van der Waals surface area contributed by atoms with Gasteiger partial charge in [0, 0.05) is 18.2 Å². The zero-order valence-corrected chi connectivity index (χ0v) is 15.8. The fourth-order valence-corrected chi connectivity index (χ4v) is 5.75. The van der Waals surface area contributed by atoms with E-state index >= 15 is 0 Å². The highest BCUT2D eigenvalue weighted by atomic mass is 32.2. The molecule has 0 aromatic heterocycles. The summed E-state index contributed by atoms with van der Waals surface area (Å²) in [4.78, 5) is 12.1. The molecule has 1 atom stereocenters. The van der Waals surface area contributed by atoms with Crippen LogP contribution in [-0.4, -0.2) is 46.8 Å². The summed E-state index contributed by atoms with van der Waals surface area (Å²) in [6, 6.07) is 5.12. The predicted octanol–water partition coefficient (Wildman–Crippen LogP) is 1.07. The number of rotatable bonds is 8. The van der Waals surface area contributed by atoms with Crippen molar-refractivity contribution in [3.05, 3.63) is 29.8 Å². The predicted molar refractivity (Wildman–Crippen MR) is 95.7 cm³/mol. The number of sulfone groups is 1. The molecule has 0 saturated carbocycles. The van der Waals surface area contributed by atoms with Gasteiger partial charge in [0.05, 0.1) is 16.4 Å². The third-order valence-electron chi connectivity index (χ3n) is 4.03. The van der Waals surface area contributed by atoms with Crippen LogP contribution in [0.1, 0.15) is 43.0 Å². The van der Waals surface area contributed by atoms with E-state index in [9.17, 15) is 21.6 Å². The Bertz CT molecular complexity index is 819. The number of amides is 1. The number of hydrogen-bond acceptors (Lipinski definition) is 5. The van der Waals surface area contributed by atoms with Gasteiger partial charge in [0.25, 0.3) is 5.91 Å². The zero-order chi connectivity index (χ0) is 18.5. The van der Waals surface area contributed by atoms with Crippen LogP contribution < -0.4 is 10.0 Å². The summed E-state index contributed by atoms with van der Waals surface area (Å²) in [5.74, 6) is -0.527. The Labute approximate surface area is 149 Å². The molecule has 1 unspecified atom stereocenters. The van der Waals surface area contributed by atoms with E-state index in [0.29, 0.717) is 6.54 Å². The lowest BCUT2D eigenvalue weighted by Crippen LogP contribution is -2.35. The van der Waals surface area contributed by atoms with Crippen LogP contribution in [0, 0.1) is 0 Å². The van der Waals surface area contributed by atoms with Crippen molar-refractivity contribution >= 4 is 25.8 Å².